The maximum Gasteiger partial charge on any atom is 0.0958 e. The Balaban J connectivity index is 1.70. The zero-order valence-corrected chi connectivity index (χ0v) is 17.5. The summed E-state index contributed by atoms with van der Waals surface area (Å²) in [6.07, 6.45) is 2.30. The van der Waals surface area contributed by atoms with E-state index in [1.165, 1.54) is 16.0 Å². The Kier molecular flexibility index (Phi) is 4.86. The lowest BCUT2D eigenvalue weighted by Crippen LogP contribution is -2.32. The highest BCUT2D eigenvalue weighted by molar-refractivity contribution is 7.11. The molecule has 0 amide bonds. The summed E-state index contributed by atoms with van der Waals surface area (Å²) in [6, 6.07) is 23.7. The molecule has 0 spiro atoms. The van der Waals surface area contributed by atoms with Gasteiger partial charge in [-0.1, -0.05) is 88.0 Å². The Bertz CT molecular complexity index is 977. The Morgan fingerprint density at radius 2 is 1.68 bits per heavy atom. The second-order valence-electron chi connectivity index (χ2n) is 8.17. The standard InChI is InChI=1S/C25H26N2S/c1-18(19-9-6-5-7-10-19)27-23(17-22(26-27)24-11-8-16-28-24)20-12-14-21(15-13-20)25(2,3)4/h5-17,23,26H,1H2,2-4H3. The predicted molar refractivity (Wildman–Crippen MR) is 121 cm³/mol. The summed E-state index contributed by atoms with van der Waals surface area (Å²) in [5.41, 5.74) is 9.56. The van der Waals surface area contributed by atoms with Gasteiger partial charge in [-0.25, -0.2) is 0 Å². The van der Waals surface area contributed by atoms with Crippen LogP contribution >= 0.6 is 11.3 Å². The Morgan fingerprint density at radius 3 is 2.29 bits per heavy atom. The van der Waals surface area contributed by atoms with E-state index in [4.69, 9.17) is 0 Å². The highest BCUT2D eigenvalue weighted by Gasteiger charge is 2.29. The number of rotatable bonds is 4. The molecule has 1 aliphatic heterocycles. The van der Waals surface area contributed by atoms with Crippen molar-refractivity contribution in [3.63, 3.8) is 0 Å². The van der Waals surface area contributed by atoms with Crippen molar-refractivity contribution in [2.45, 2.75) is 32.2 Å². The van der Waals surface area contributed by atoms with Crippen LogP contribution in [0.25, 0.3) is 11.4 Å². The van der Waals surface area contributed by atoms with Gasteiger partial charge in [0.15, 0.2) is 0 Å². The molecule has 28 heavy (non-hydrogen) atoms. The Labute approximate surface area is 171 Å². The summed E-state index contributed by atoms with van der Waals surface area (Å²) in [4.78, 5) is 1.24. The predicted octanol–water partition coefficient (Wildman–Crippen LogP) is 6.62. The molecule has 0 saturated heterocycles. The van der Waals surface area contributed by atoms with Gasteiger partial charge in [-0.3, -0.25) is 10.4 Å². The minimum Gasteiger partial charge on any atom is -0.296 e. The molecular formula is C25H26N2S. The molecule has 3 aromatic rings. The van der Waals surface area contributed by atoms with E-state index in [0.29, 0.717) is 0 Å². The molecule has 0 fully saturated rings. The minimum absolute atomic E-state index is 0.0961. The second kappa shape index (κ2) is 7.33. The number of benzene rings is 2. The van der Waals surface area contributed by atoms with Gasteiger partial charge in [0, 0.05) is 0 Å². The van der Waals surface area contributed by atoms with Crippen LogP contribution in [0.2, 0.25) is 0 Å². The summed E-state index contributed by atoms with van der Waals surface area (Å²) in [6.45, 7) is 11.1. The number of hydrogen-bond donors (Lipinski definition) is 1. The third-order valence-corrected chi connectivity index (χ3v) is 6.05. The lowest BCUT2D eigenvalue weighted by Gasteiger charge is -2.30. The number of hydrazine groups is 1. The van der Waals surface area contributed by atoms with Crippen LogP contribution in [0, 0.1) is 0 Å². The van der Waals surface area contributed by atoms with Gasteiger partial charge in [0.2, 0.25) is 0 Å². The molecule has 1 unspecified atom stereocenters. The molecule has 2 heterocycles. The van der Waals surface area contributed by atoms with Crippen molar-refractivity contribution in [2.75, 3.05) is 0 Å². The third kappa shape index (κ3) is 3.63. The van der Waals surface area contributed by atoms with Crippen molar-refractivity contribution in [2.24, 2.45) is 0 Å². The topological polar surface area (TPSA) is 15.3 Å². The fourth-order valence-corrected chi connectivity index (χ4v) is 4.17. The lowest BCUT2D eigenvalue weighted by atomic mass is 9.86. The monoisotopic (exact) mass is 386 g/mol. The second-order valence-corrected chi connectivity index (χ2v) is 9.12. The fourth-order valence-electron chi connectivity index (χ4n) is 3.47. The SMILES string of the molecule is C=C(c1ccccc1)N1NC(c2cccs2)=CC1c1ccc(C(C)(C)C)cc1. The van der Waals surface area contributed by atoms with Crippen LogP contribution in [0.1, 0.15) is 48.4 Å². The molecule has 142 valence electrons. The minimum atomic E-state index is 0.0961. The summed E-state index contributed by atoms with van der Waals surface area (Å²) >= 11 is 1.75. The summed E-state index contributed by atoms with van der Waals surface area (Å²) in [5, 5.41) is 4.29. The highest BCUT2D eigenvalue weighted by Crippen LogP contribution is 2.37. The third-order valence-electron chi connectivity index (χ3n) is 5.15. The van der Waals surface area contributed by atoms with Crippen LogP contribution in [0.15, 0.2) is 84.8 Å². The first-order valence-electron chi connectivity index (χ1n) is 9.60. The number of nitrogens with zero attached hydrogens (tertiary/aromatic N) is 1. The van der Waals surface area contributed by atoms with E-state index in [-0.39, 0.29) is 11.5 Å². The molecule has 1 atom stereocenters. The molecule has 0 radical (unpaired) electrons. The van der Waals surface area contributed by atoms with E-state index in [1.54, 1.807) is 11.3 Å². The molecule has 1 aliphatic rings. The lowest BCUT2D eigenvalue weighted by molar-refractivity contribution is 0.322. The first-order chi connectivity index (χ1) is 13.4. The van der Waals surface area contributed by atoms with E-state index < -0.39 is 0 Å². The zero-order chi connectivity index (χ0) is 19.7. The molecule has 3 heteroatoms. The van der Waals surface area contributed by atoms with Gasteiger partial charge in [0.05, 0.1) is 22.3 Å². The van der Waals surface area contributed by atoms with Crippen molar-refractivity contribution in [3.8, 4) is 0 Å². The average molecular weight is 387 g/mol. The average Bonchev–Trinajstić information content (AvgIpc) is 3.37. The van der Waals surface area contributed by atoms with Crippen molar-refractivity contribution in [1.29, 1.82) is 0 Å². The smallest absolute Gasteiger partial charge is 0.0958 e. The quantitative estimate of drug-likeness (QED) is 0.542. The van der Waals surface area contributed by atoms with Crippen LogP contribution in [0.3, 0.4) is 0 Å². The van der Waals surface area contributed by atoms with E-state index in [1.807, 2.05) is 6.07 Å². The molecule has 4 rings (SSSR count). The van der Waals surface area contributed by atoms with Crippen molar-refractivity contribution in [1.82, 2.24) is 10.4 Å². The normalized spacial score (nSPS) is 16.6. The largest absolute Gasteiger partial charge is 0.296 e. The van der Waals surface area contributed by atoms with Gasteiger partial charge < -0.3 is 0 Å². The van der Waals surface area contributed by atoms with E-state index in [0.717, 1.165) is 17.0 Å². The molecular weight excluding hydrogens is 360 g/mol. The van der Waals surface area contributed by atoms with E-state index >= 15 is 0 Å². The molecule has 1 N–H and O–H groups in total. The maximum absolute atomic E-state index is 4.39. The first kappa shape index (κ1) is 18.6. The zero-order valence-electron chi connectivity index (χ0n) is 16.6. The molecule has 2 nitrogen and oxygen atoms in total. The van der Waals surface area contributed by atoms with Crippen LogP contribution in [0.4, 0.5) is 0 Å². The molecule has 2 aromatic carbocycles. The fraction of sp³-hybridized carbons (Fsp3) is 0.200. The first-order valence-corrected chi connectivity index (χ1v) is 10.5. The Hall–Kier alpha value is -2.78. The molecule has 1 aromatic heterocycles. The molecule has 0 bridgehead atoms. The van der Waals surface area contributed by atoms with Gasteiger partial charge in [-0.15, -0.1) is 11.3 Å². The van der Waals surface area contributed by atoms with Crippen molar-refractivity contribution >= 4 is 22.7 Å². The van der Waals surface area contributed by atoms with Gasteiger partial charge in [0.25, 0.3) is 0 Å². The molecule has 0 aliphatic carbocycles. The number of thiophene rings is 1. The summed E-state index contributed by atoms with van der Waals surface area (Å²) in [7, 11) is 0. The van der Waals surface area contributed by atoms with Gasteiger partial charge in [-0.2, -0.15) is 0 Å². The van der Waals surface area contributed by atoms with E-state index in [9.17, 15) is 0 Å². The molecule has 0 saturated carbocycles. The highest BCUT2D eigenvalue weighted by atomic mass is 32.1. The maximum atomic E-state index is 4.39. The van der Waals surface area contributed by atoms with Crippen LogP contribution < -0.4 is 5.43 Å². The number of nitrogens with one attached hydrogen (secondary N) is 1. The summed E-state index contributed by atoms with van der Waals surface area (Å²) < 4.78 is 0. The van der Waals surface area contributed by atoms with Gasteiger partial charge in [0.1, 0.15) is 0 Å². The van der Waals surface area contributed by atoms with Crippen molar-refractivity contribution < 1.29 is 0 Å². The van der Waals surface area contributed by atoms with Crippen LogP contribution in [-0.2, 0) is 5.41 Å². The van der Waals surface area contributed by atoms with Gasteiger partial charge in [-0.05, 0) is 39.6 Å². The summed E-state index contributed by atoms with van der Waals surface area (Å²) in [5.74, 6) is 0. The van der Waals surface area contributed by atoms with Crippen LogP contribution in [-0.4, -0.2) is 5.01 Å². The Morgan fingerprint density at radius 1 is 0.964 bits per heavy atom. The number of hydrogen-bond acceptors (Lipinski definition) is 3. The van der Waals surface area contributed by atoms with E-state index in [2.05, 4.69) is 110 Å². The van der Waals surface area contributed by atoms with Gasteiger partial charge >= 0.3 is 0 Å². The van der Waals surface area contributed by atoms with Crippen LogP contribution in [0.5, 0.6) is 0 Å². The van der Waals surface area contributed by atoms with Crippen molar-refractivity contribution in [3.05, 3.63) is 106 Å².